The number of aryl methyl sites for hydroxylation is 4. The predicted octanol–water partition coefficient (Wildman–Crippen LogP) is 21.9. The van der Waals surface area contributed by atoms with Gasteiger partial charge in [-0.05, 0) is 128 Å². The Morgan fingerprint density at radius 3 is 1.24 bits per heavy atom. The van der Waals surface area contributed by atoms with E-state index in [0.717, 1.165) is 117 Å². The number of hydrogen-bond acceptors (Lipinski definition) is 12. The summed E-state index contributed by atoms with van der Waals surface area (Å²) in [7, 11) is -5.35. The van der Waals surface area contributed by atoms with Gasteiger partial charge in [0.2, 0.25) is 0 Å². The van der Waals surface area contributed by atoms with Crippen LogP contribution in [0.1, 0.15) is 276 Å². The standard InChI is InChI=1S/C78H100N2O4S8Si2/c1-10-17-23-26-29-32-42-79-75(81)64-51(9)86-68(65(64)76(79)82)55-47-60-73(89-55)74-61(94(60,49-52(16-7)35-20-13-4)63-41-39-54(88-63)37-22-15-6)48-57(91-74)70-67-66(77(83)80(78(67)84)43-33-30-27-24-18-11-2)69(92-70)56-46-59-72(90-56)71-58(45-50(8)85-71)93(59,44-34-31-28-25-19-12-3)62-40-38-53(87-62)36-21-14-5/h38-41,45-48,52H,10-37,42-44,49H2,1-9H3. The minimum Gasteiger partial charge on any atom is -0.274 e. The molecule has 8 aromatic rings. The molecule has 0 radical (unpaired) electrons. The van der Waals surface area contributed by atoms with Gasteiger partial charge in [0, 0.05) is 75.7 Å². The Morgan fingerprint density at radius 1 is 0.372 bits per heavy atom. The lowest BCUT2D eigenvalue weighted by atomic mass is 10.0. The van der Waals surface area contributed by atoms with Crippen LogP contribution in [0.3, 0.4) is 0 Å². The van der Waals surface area contributed by atoms with E-state index in [1.165, 1.54) is 163 Å². The SMILES string of the molecule is CCCCCCCCN1C(=O)c2c(C)sc(-c3cc4c(s3)-c3sc(-c5sc(-c6cc7c(s6)-c6sc(C)cc6[Si]7(CCCCCCCC)c6ccc(CCCC)s6)c6c5C(=O)N(CCCCCCCC)C6=O)cc3[Si]4(CC(CC)CCCC)c3ccc(CCCC)s3)c2C1=O. The molecule has 0 saturated heterocycles. The molecule has 3 unspecified atom stereocenters. The van der Waals surface area contributed by atoms with Crippen molar-refractivity contribution in [2.45, 2.75) is 254 Å². The number of hydrogen-bond donors (Lipinski definition) is 0. The lowest BCUT2D eigenvalue weighted by Crippen LogP contribution is -2.64. The molecule has 16 heteroatoms. The molecule has 4 aliphatic rings. The number of amides is 4. The van der Waals surface area contributed by atoms with Gasteiger partial charge in [0.25, 0.3) is 23.6 Å². The lowest BCUT2D eigenvalue weighted by Gasteiger charge is -2.32. The van der Waals surface area contributed by atoms with Gasteiger partial charge < -0.3 is 0 Å². The van der Waals surface area contributed by atoms with Crippen molar-refractivity contribution in [3.8, 4) is 48.8 Å². The van der Waals surface area contributed by atoms with E-state index in [-0.39, 0.29) is 23.6 Å². The first-order chi connectivity index (χ1) is 45.8. The molecule has 6 nitrogen and oxygen atoms in total. The summed E-state index contributed by atoms with van der Waals surface area (Å²) >= 11 is 15.1. The minimum absolute atomic E-state index is 0.114. The highest BCUT2D eigenvalue weighted by molar-refractivity contribution is 7.41. The molecule has 4 amide bonds. The molecular weight excluding hydrogens is 1340 g/mol. The largest absolute Gasteiger partial charge is 0.274 e. The number of unbranched alkanes of at least 4 members (excludes halogenated alkanes) is 18. The summed E-state index contributed by atoms with van der Waals surface area (Å²) in [6, 6.07) is 22.4. The molecule has 0 fully saturated rings. The number of thiophene rings is 8. The molecule has 0 bridgehead atoms. The second-order valence-corrected chi connectivity index (χ2v) is 45.1. The van der Waals surface area contributed by atoms with Gasteiger partial charge in [0.05, 0.1) is 36.9 Å². The first kappa shape index (κ1) is 70.2. The quantitative estimate of drug-likeness (QED) is 0.0220. The lowest BCUT2D eigenvalue weighted by molar-refractivity contribution is 0.0636. The van der Waals surface area contributed by atoms with Crippen LogP contribution in [0.2, 0.25) is 12.1 Å². The fourth-order valence-electron chi connectivity index (χ4n) is 15.8. The van der Waals surface area contributed by atoms with E-state index in [9.17, 15) is 9.59 Å². The van der Waals surface area contributed by atoms with Crippen LogP contribution in [-0.2, 0) is 12.8 Å². The second-order valence-electron chi connectivity index (χ2n) is 27.7. The van der Waals surface area contributed by atoms with Crippen molar-refractivity contribution < 1.29 is 19.2 Å². The summed E-state index contributed by atoms with van der Waals surface area (Å²) in [5.41, 5.74) is 2.47. The van der Waals surface area contributed by atoms with Gasteiger partial charge in [-0.3, -0.25) is 29.0 Å². The zero-order chi connectivity index (χ0) is 65.8. The van der Waals surface area contributed by atoms with Crippen LogP contribution in [0.15, 0.2) is 48.5 Å². The average Bonchev–Trinajstić information content (AvgIpc) is 1.53. The van der Waals surface area contributed by atoms with Crippen LogP contribution in [-0.4, -0.2) is 62.7 Å². The monoisotopic (exact) mass is 1440 g/mol. The summed E-state index contributed by atoms with van der Waals surface area (Å²) in [5, 5.41) is 6.07. The molecule has 4 aliphatic heterocycles. The topological polar surface area (TPSA) is 74.8 Å². The summed E-state index contributed by atoms with van der Waals surface area (Å²) in [6.07, 6.45) is 32.2. The Hall–Kier alpha value is -3.69. The highest BCUT2D eigenvalue weighted by Gasteiger charge is 2.55. The summed E-state index contributed by atoms with van der Waals surface area (Å²) in [6.45, 7) is 21.4. The summed E-state index contributed by atoms with van der Waals surface area (Å²) in [4.78, 5) is 80.7. The predicted molar refractivity (Wildman–Crippen MR) is 419 cm³/mol. The smallest absolute Gasteiger partial charge is 0.263 e. The molecule has 12 heterocycles. The first-order valence-corrected chi connectivity index (χ1v) is 47.5. The maximum atomic E-state index is 15.7. The molecule has 12 rings (SSSR count). The van der Waals surface area contributed by atoms with Gasteiger partial charge in [-0.1, -0.05) is 202 Å². The van der Waals surface area contributed by atoms with Crippen molar-refractivity contribution in [2.24, 2.45) is 5.92 Å². The van der Waals surface area contributed by atoms with E-state index < -0.39 is 16.1 Å². The summed E-state index contributed by atoms with van der Waals surface area (Å²) in [5.74, 6) is 0.0210. The van der Waals surface area contributed by atoms with Gasteiger partial charge in [-0.25, -0.2) is 0 Å². The third kappa shape index (κ3) is 13.1. The Morgan fingerprint density at radius 2 is 0.766 bits per heavy atom. The molecule has 0 saturated carbocycles. The molecule has 0 N–H and O–H groups in total. The van der Waals surface area contributed by atoms with Crippen LogP contribution >= 0.6 is 90.7 Å². The molecule has 0 aliphatic carbocycles. The number of carbonyl (C=O) groups excluding carboxylic acids is 4. The fraction of sp³-hybridized carbons (Fsp3) is 0.538. The van der Waals surface area contributed by atoms with Crippen LogP contribution in [0.25, 0.3) is 48.8 Å². The van der Waals surface area contributed by atoms with E-state index in [4.69, 9.17) is 0 Å². The van der Waals surface area contributed by atoms with E-state index in [0.29, 0.717) is 41.3 Å². The van der Waals surface area contributed by atoms with E-state index in [2.05, 4.69) is 115 Å². The van der Waals surface area contributed by atoms with Crippen molar-refractivity contribution >= 4 is 160 Å². The number of rotatable bonds is 38. The van der Waals surface area contributed by atoms with E-state index >= 15 is 9.59 Å². The zero-order valence-electron chi connectivity index (χ0n) is 57.6. The maximum absolute atomic E-state index is 15.7. The molecule has 8 aromatic heterocycles. The molecule has 0 spiro atoms. The molecule has 0 aromatic carbocycles. The second kappa shape index (κ2) is 31.2. The van der Waals surface area contributed by atoms with Crippen molar-refractivity contribution in [2.75, 3.05) is 13.1 Å². The average molecular weight is 1440 g/mol. The van der Waals surface area contributed by atoms with Crippen molar-refractivity contribution in [3.05, 3.63) is 90.3 Å². The van der Waals surface area contributed by atoms with Crippen LogP contribution in [0, 0.1) is 19.8 Å². The first-order valence-electron chi connectivity index (χ1n) is 36.6. The molecule has 3 atom stereocenters. The normalized spacial score (nSPS) is 17.4. The van der Waals surface area contributed by atoms with Gasteiger partial charge in [0.1, 0.15) is 0 Å². The number of carbonyl (C=O) groups is 4. The van der Waals surface area contributed by atoms with Crippen LogP contribution in [0.5, 0.6) is 0 Å². The zero-order valence-corrected chi connectivity index (χ0v) is 66.1. The van der Waals surface area contributed by atoms with Crippen molar-refractivity contribution in [1.29, 1.82) is 0 Å². The van der Waals surface area contributed by atoms with Gasteiger partial charge in [-0.15, -0.1) is 90.7 Å². The third-order valence-electron chi connectivity index (χ3n) is 21.0. The van der Waals surface area contributed by atoms with E-state index in [1.54, 1.807) is 42.2 Å². The Kier molecular flexibility index (Phi) is 23.3. The molecule has 94 heavy (non-hydrogen) atoms. The number of fused-ring (bicyclic) bond motifs is 8. The van der Waals surface area contributed by atoms with Gasteiger partial charge >= 0.3 is 0 Å². The highest BCUT2D eigenvalue weighted by atomic mass is 32.1. The minimum atomic E-state index is -2.85. The summed E-state index contributed by atoms with van der Waals surface area (Å²) < 4.78 is 3.10. The molecule has 502 valence electrons. The number of nitrogens with zero attached hydrogens (tertiary/aromatic N) is 2. The van der Waals surface area contributed by atoms with Crippen LogP contribution in [0.4, 0.5) is 0 Å². The van der Waals surface area contributed by atoms with Crippen molar-refractivity contribution in [1.82, 2.24) is 9.80 Å². The van der Waals surface area contributed by atoms with Crippen molar-refractivity contribution in [3.63, 3.8) is 0 Å². The Labute approximate surface area is 596 Å². The van der Waals surface area contributed by atoms with Crippen LogP contribution < -0.4 is 29.7 Å². The highest BCUT2D eigenvalue weighted by Crippen LogP contribution is 2.55. The Balaban J connectivity index is 1.02. The molecular formula is C78H100N2O4S8Si2. The van der Waals surface area contributed by atoms with Gasteiger partial charge in [0.15, 0.2) is 16.1 Å². The fourth-order valence-corrected chi connectivity index (χ4v) is 41.8. The third-order valence-corrected chi connectivity index (χ3v) is 43.6. The number of imide groups is 2. The maximum Gasteiger partial charge on any atom is 0.263 e. The Bertz CT molecular complexity index is 4010. The van der Waals surface area contributed by atoms with E-state index in [1.807, 2.05) is 63.6 Å². The van der Waals surface area contributed by atoms with Gasteiger partial charge in [-0.2, -0.15) is 0 Å².